The van der Waals surface area contributed by atoms with Crippen LogP contribution in [0.1, 0.15) is 11.6 Å². The van der Waals surface area contributed by atoms with Gasteiger partial charge in [0.1, 0.15) is 13.2 Å². The number of hydrogen-bond donors (Lipinski definition) is 3. The highest BCUT2D eigenvalue weighted by molar-refractivity contribution is 5.85. The van der Waals surface area contributed by atoms with Crippen molar-refractivity contribution in [2.75, 3.05) is 13.2 Å². The van der Waals surface area contributed by atoms with Crippen LogP contribution in [0.5, 0.6) is 0 Å². The third-order valence-corrected chi connectivity index (χ3v) is 2.14. The fourth-order valence-electron chi connectivity index (χ4n) is 1.37. The molecule has 19 heavy (non-hydrogen) atoms. The summed E-state index contributed by atoms with van der Waals surface area (Å²) in [4.78, 5) is 32.7. The fraction of sp³-hybridized carbons (Fsp3) is 0.250. The van der Waals surface area contributed by atoms with E-state index in [-0.39, 0.29) is 0 Å². The van der Waals surface area contributed by atoms with Crippen LogP contribution in [0.4, 0.5) is 0 Å². The van der Waals surface area contributed by atoms with Crippen LogP contribution in [-0.2, 0) is 19.1 Å². The molecule has 102 valence electrons. The van der Waals surface area contributed by atoms with Gasteiger partial charge < -0.3 is 20.3 Å². The number of amides is 1. The zero-order valence-electron chi connectivity index (χ0n) is 9.91. The van der Waals surface area contributed by atoms with Crippen molar-refractivity contribution in [3.63, 3.8) is 0 Å². The minimum absolute atomic E-state index is 0.418. The quantitative estimate of drug-likeness (QED) is 0.642. The number of nitrogens with one attached hydrogen (secondary N) is 1. The van der Waals surface area contributed by atoms with Gasteiger partial charge in [0.05, 0.1) is 0 Å². The number of carboxylic acid groups (broad SMARTS) is 2. The number of hydrogen-bond acceptors (Lipinski definition) is 4. The van der Waals surface area contributed by atoms with Crippen molar-refractivity contribution in [2.24, 2.45) is 0 Å². The zero-order chi connectivity index (χ0) is 14.3. The van der Waals surface area contributed by atoms with Gasteiger partial charge in [-0.1, -0.05) is 30.3 Å². The summed E-state index contributed by atoms with van der Waals surface area (Å²) in [6, 6.07) is 6.97. The first kappa shape index (κ1) is 14.7. The Hall–Kier alpha value is -2.41. The van der Waals surface area contributed by atoms with Crippen LogP contribution >= 0.6 is 0 Å². The van der Waals surface area contributed by atoms with Gasteiger partial charge in [-0.2, -0.15) is 0 Å². The van der Waals surface area contributed by atoms with Crippen molar-refractivity contribution in [3.8, 4) is 0 Å². The van der Waals surface area contributed by atoms with Gasteiger partial charge in [-0.05, 0) is 5.56 Å². The van der Waals surface area contributed by atoms with E-state index in [0.29, 0.717) is 5.56 Å². The molecule has 1 rings (SSSR count). The zero-order valence-corrected chi connectivity index (χ0v) is 9.91. The van der Waals surface area contributed by atoms with Gasteiger partial charge in [0.25, 0.3) is 0 Å². The summed E-state index contributed by atoms with van der Waals surface area (Å²) in [7, 11) is 0. The molecule has 0 aliphatic rings. The smallest absolute Gasteiger partial charge is 0.330 e. The number of rotatable bonds is 7. The summed E-state index contributed by atoms with van der Waals surface area (Å²) in [5.74, 6) is -3.11. The number of aliphatic carboxylic acids is 2. The second-order valence-electron chi connectivity index (χ2n) is 3.64. The van der Waals surface area contributed by atoms with Crippen LogP contribution in [0.2, 0.25) is 0 Å². The minimum atomic E-state index is -1.21. The highest BCUT2D eigenvalue weighted by Gasteiger charge is 2.21. The first-order valence-corrected chi connectivity index (χ1v) is 5.37. The Morgan fingerprint density at radius 2 is 1.74 bits per heavy atom. The molecule has 0 spiro atoms. The molecule has 0 aliphatic carbocycles. The SMILES string of the molecule is O=C(O)COCC(=O)NC(C(=O)O)c1ccccc1. The molecule has 0 radical (unpaired) electrons. The number of benzene rings is 1. The maximum absolute atomic E-state index is 11.4. The normalized spacial score (nSPS) is 11.6. The molecular formula is C12H13NO6. The lowest BCUT2D eigenvalue weighted by Gasteiger charge is -2.14. The molecule has 0 aliphatic heterocycles. The summed E-state index contributed by atoms with van der Waals surface area (Å²) >= 11 is 0. The Bertz CT molecular complexity index is 459. The summed E-state index contributed by atoms with van der Waals surface area (Å²) < 4.78 is 4.57. The van der Waals surface area contributed by atoms with Gasteiger partial charge in [-0.3, -0.25) is 4.79 Å². The second-order valence-corrected chi connectivity index (χ2v) is 3.64. The number of carboxylic acids is 2. The van der Waals surface area contributed by atoms with Crippen LogP contribution in [-0.4, -0.2) is 41.3 Å². The van der Waals surface area contributed by atoms with E-state index in [9.17, 15) is 14.4 Å². The van der Waals surface area contributed by atoms with Gasteiger partial charge in [0, 0.05) is 0 Å². The Labute approximate surface area is 108 Å². The molecule has 1 amide bonds. The van der Waals surface area contributed by atoms with Gasteiger partial charge >= 0.3 is 11.9 Å². The number of carbonyl (C=O) groups is 3. The first-order valence-electron chi connectivity index (χ1n) is 5.37. The van der Waals surface area contributed by atoms with Crippen molar-refractivity contribution in [1.82, 2.24) is 5.32 Å². The van der Waals surface area contributed by atoms with Crippen molar-refractivity contribution in [3.05, 3.63) is 35.9 Å². The van der Waals surface area contributed by atoms with Gasteiger partial charge in [-0.15, -0.1) is 0 Å². The highest BCUT2D eigenvalue weighted by Crippen LogP contribution is 2.12. The number of carbonyl (C=O) groups excluding carboxylic acids is 1. The molecule has 0 bridgehead atoms. The molecule has 1 aromatic carbocycles. The van der Waals surface area contributed by atoms with Crippen molar-refractivity contribution in [1.29, 1.82) is 0 Å². The third kappa shape index (κ3) is 5.17. The maximum atomic E-state index is 11.4. The van der Waals surface area contributed by atoms with E-state index >= 15 is 0 Å². The summed E-state index contributed by atoms with van der Waals surface area (Å²) in [6.45, 7) is -1.13. The molecule has 0 saturated carbocycles. The molecular weight excluding hydrogens is 254 g/mol. The van der Waals surface area contributed by atoms with E-state index in [1.165, 1.54) is 0 Å². The monoisotopic (exact) mass is 267 g/mol. The predicted molar refractivity (Wildman–Crippen MR) is 63.4 cm³/mol. The molecule has 7 heteroatoms. The van der Waals surface area contributed by atoms with Crippen molar-refractivity contribution in [2.45, 2.75) is 6.04 Å². The summed E-state index contributed by atoms with van der Waals surface area (Å²) in [5.41, 5.74) is 0.418. The predicted octanol–water partition coefficient (Wildman–Crippen LogP) is 0.0297. The average Bonchev–Trinajstić information content (AvgIpc) is 2.36. The molecule has 1 aromatic rings. The molecule has 0 aromatic heterocycles. The van der Waals surface area contributed by atoms with E-state index in [1.54, 1.807) is 30.3 Å². The Morgan fingerprint density at radius 3 is 2.26 bits per heavy atom. The van der Waals surface area contributed by atoms with Crippen LogP contribution < -0.4 is 5.32 Å². The van der Waals surface area contributed by atoms with Crippen molar-refractivity contribution < 1.29 is 29.3 Å². The highest BCUT2D eigenvalue weighted by atomic mass is 16.5. The molecule has 0 fully saturated rings. The third-order valence-electron chi connectivity index (χ3n) is 2.14. The maximum Gasteiger partial charge on any atom is 0.330 e. The lowest BCUT2D eigenvalue weighted by Crippen LogP contribution is -2.36. The molecule has 1 atom stereocenters. The summed E-state index contributed by atoms with van der Waals surface area (Å²) in [6.07, 6.45) is 0. The van der Waals surface area contributed by atoms with E-state index in [2.05, 4.69) is 10.1 Å². The summed E-state index contributed by atoms with van der Waals surface area (Å²) in [5, 5.41) is 19.6. The lowest BCUT2D eigenvalue weighted by molar-refractivity contribution is -0.146. The Morgan fingerprint density at radius 1 is 1.11 bits per heavy atom. The molecule has 1 unspecified atom stereocenters. The average molecular weight is 267 g/mol. The molecule has 0 saturated heterocycles. The van der Waals surface area contributed by atoms with Crippen LogP contribution in [0, 0.1) is 0 Å². The largest absolute Gasteiger partial charge is 0.480 e. The minimum Gasteiger partial charge on any atom is -0.480 e. The number of ether oxygens (including phenoxy) is 1. The van der Waals surface area contributed by atoms with Crippen molar-refractivity contribution >= 4 is 17.8 Å². The topological polar surface area (TPSA) is 113 Å². The van der Waals surface area contributed by atoms with Crippen LogP contribution in [0.3, 0.4) is 0 Å². The van der Waals surface area contributed by atoms with E-state index in [1.807, 2.05) is 0 Å². The van der Waals surface area contributed by atoms with E-state index in [4.69, 9.17) is 10.2 Å². The first-order chi connectivity index (χ1) is 9.00. The molecule has 3 N–H and O–H groups in total. The van der Waals surface area contributed by atoms with E-state index in [0.717, 1.165) is 0 Å². The molecule has 7 nitrogen and oxygen atoms in total. The lowest BCUT2D eigenvalue weighted by atomic mass is 10.1. The standard InChI is InChI=1S/C12H13NO6/c14-9(6-19-7-10(15)16)13-11(12(17)18)8-4-2-1-3-5-8/h1-5,11H,6-7H2,(H,13,14)(H,15,16)(H,17,18). The van der Waals surface area contributed by atoms with Gasteiger partial charge in [-0.25, -0.2) is 9.59 Å². The second kappa shape index (κ2) is 7.12. The Balaban J connectivity index is 2.57. The van der Waals surface area contributed by atoms with E-state index < -0.39 is 37.1 Å². The fourth-order valence-corrected chi connectivity index (χ4v) is 1.37. The van der Waals surface area contributed by atoms with Crippen LogP contribution in [0.15, 0.2) is 30.3 Å². The van der Waals surface area contributed by atoms with Gasteiger partial charge in [0.2, 0.25) is 5.91 Å². The Kier molecular flexibility index (Phi) is 5.49. The molecule has 0 heterocycles. The van der Waals surface area contributed by atoms with Gasteiger partial charge in [0.15, 0.2) is 6.04 Å². The van der Waals surface area contributed by atoms with Crippen LogP contribution in [0.25, 0.3) is 0 Å².